The molecule has 2 aliphatic heterocycles. The Hall–Kier alpha value is -2.29. The molecule has 31 heavy (non-hydrogen) atoms. The number of carbonyl (C=O) groups excluding carboxylic acids is 1. The number of amides is 1. The molecule has 2 saturated heterocycles. The summed E-state index contributed by atoms with van der Waals surface area (Å²) in [6, 6.07) is 15.2. The molecule has 0 atom stereocenters. The molecule has 0 unspecified atom stereocenters. The summed E-state index contributed by atoms with van der Waals surface area (Å²) < 4.78 is 46.1. The van der Waals surface area contributed by atoms with Crippen LogP contribution in [0.2, 0.25) is 0 Å². The van der Waals surface area contributed by atoms with Gasteiger partial charge in [-0.25, -0.2) is 12.8 Å². The molecule has 0 aliphatic carbocycles. The van der Waals surface area contributed by atoms with Crippen LogP contribution in [0.5, 0.6) is 0 Å². The summed E-state index contributed by atoms with van der Waals surface area (Å²) in [7, 11) is -3.45. The number of hydrogen-bond donors (Lipinski definition) is 0. The zero-order valence-corrected chi connectivity index (χ0v) is 18.2. The van der Waals surface area contributed by atoms with Gasteiger partial charge in [-0.15, -0.1) is 0 Å². The maximum absolute atomic E-state index is 13.6. The van der Waals surface area contributed by atoms with Gasteiger partial charge in [0.1, 0.15) is 5.82 Å². The van der Waals surface area contributed by atoms with E-state index in [4.69, 9.17) is 4.74 Å². The van der Waals surface area contributed by atoms with E-state index in [2.05, 4.69) is 0 Å². The second-order valence-electron chi connectivity index (χ2n) is 8.13. The normalized spacial score (nSPS) is 19.8. The number of benzene rings is 2. The molecular weight excluding hydrogens is 419 g/mol. The summed E-state index contributed by atoms with van der Waals surface area (Å²) in [5, 5.41) is 0. The third kappa shape index (κ3) is 4.66. The summed E-state index contributed by atoms with van der Waals surface area (Å²) in [6.45, 7) is 2.17. The van der Waals surface area contributed by atoms with Gasteiger partial charge in [0.25, 0.3) is 0 Å². The lowest BCUT2D eigenvalue weighted by atomic mass is 9.73. The monoisotopic (exact) mass is 446 g/mol. The van der Waals surface area contributed by atoms with Gasteiger partial charge in [0, 0.05) is 39.4 Å². The van der Waals surface area contributed by atoms with Gasteiger partial charge in [0.2, 0.25) is 15.9 Å². The number of halogens is 1. The van der Waals surface area contributed by atoms with Crippen LogP contribution in [0.25, 0.3) is 0 Å². The van der Waals surface area contributed by atoms with E-state index in [1.165, 1.54) is 16.4 Å². The van der Waals surface area contributed by atoms with Crippen LogP contribution in [0.15, 0.2) is 54.6 Å². The third-order valence-electron chi connectivity index (χ3n) is 6.26. The molecule has 2 aromatic carbocycles. The van der Waals surface area contributed by atoms with Gasteiger partial charge >= 0.3 is 0 Å². The summed E-state index contributed by atoms with van der Waals surface area (Å²) in [5.41, 5.74) is 0.789. The fraction of sp³-hybridized carbons (Fsp3) is 0.435. The first-order valence-corrected chi connectivity index (χ1v) is 12.2. The number of ether oxygens (including phenoxy) is 1. The van der Waals surface area contributed by atoms with E-state index in [-0.39, 0.29) is 30.6 Å². The minimum absolute atomic E-state index is 0.0254. The number of sulfonamides is 1. The Morgan fingerprint density at radius 2 is 1.55 bits per heavy atom. The molecule has 0 spiro atoms. The SMILES string of the molecule is O=C(N1CCN(S(=O)(=O)Cc2ccccc2)CC1)C1(c2ccc(F)cc2)CCOCC1. The lowest BCUT2D eigenvalue weighted by Crippen LogP contribution is -2.56. The van der Waals surface area contributed by atoms with Crippen molar-refractivity contribution in [3.8, 4) is 0 Å². The van der Waals surface area contributed by atoms with Crippen molar-refractivity contribution in [1.82, 2.24) is 9.21 Å². The van der Waals surface area contributed by atoms with Gasteiger partial charge < -0.3 is 9.64 Å². The Bertz CT molecular complexity index is 998. The van der Waals surface area contributed by atoms with Crippen molar-refractivity contribution < 1.29 is 22.3 Å². The van der Waals surface area contributed by atoms with Gasteiger partial charge in [-0.1, -0.05) is 42.5 Å². The first kappa shape index (κ1) is 21.9. The highest BCUT2D eigenvalue weighted by molar-refractivity contribution is 7.88. The van der Waals surface area contributed by atoms with Crippen molar-refractivity contribution in [2.75, 3.05) is 39.4 Å². The molecule has 4 rings (SSSR count). The first-order chi connectivity index (χ1) is 14.9. The molecule has 2 aromatic rings. The van der Waals surface area contributed by atoms with Gasteiger partial charge in [-0.05, 0) is 36.1 Å². The van der Waals surface area contributed by atoms with Crippen LogP contribution in [0.3, 0.4) is 0 Å². The lowest BCUT2D eigenvalue weighted by molar-refractivity contribution is -0.142. The topological polar surface area (TPSA) is 66.9 Å². The maximum atomic E-state index is 13.6. The summed E-state index contributed by atoms with van der Waals surface area (Å²) >= 11 is 0. The van der Waals surface area contributed by atoms with Crippen molar-refractivity contribution in [2.45, 2.75) is 24.0 Å². The van der Waals surface area contributed by atoms with E-state index < -0.39 is 15.4 Å². The molecular formula is C23H27FN2O4S. The predicted molar refractivity (Wildman–Crippen MR) is 115 cm³/mol. The summed E-state index contributed by atoms with van der Waals surface area (Å²) in [6.07, 6.45) is 1.06. The second kappa shape index (κ2) is 9.06. The second-order valence-corrected chi connectivity index (χ2v) is 10.1. The largest absolute Gasteiger partial charge is 0.381 e. The number of piperazine rings is 1. The zero-order chi connectivity index (χ0) is 21.9. The van der Waals surface area contributed by atoms with Crippen LogP contribution in [0.4, 0.5) is 4.39 Å². The molecule has 0 radical (unpaired) electrons. The Morgan fingerprint density at radius 3 is 2.16 bits per heavy atom. The zero-order valence-electron chi connectivity index (χ0n) is 17.4. The minimum atomic E-state index is -3.45. The van der Waals surface area contributed by atoms with Crippen LogP contribution >= 0.6 is 0 Å². The maximum Gasteiger partial charge on any atom is 0.233 e. The van der Waals surface area contributed by atoms with Crippen LogP contribution in [0.1, 0.15) is 24.0 Å². The van der Waals surface area contributed by atoms with Gasteiger partial charge in [-0.2, -0.15) is 4.31 Å². The molecule has 0 N–H and O–H groups in total. The van der Waals surface area contributed by atoms with E-state index in [9.17, 15) is 17.6 Å². The fourth-order valence-electron chi connectivity index (χ4n) is 4.46. The molecule has 8 heteroatoms. The molecule has 2 fully saturated rings. The molecule has 0 aromatic heterocycles. The summed E-state index contributed by atoms with van der Waals surface area (Å²) in [4.78, 5) is 15.4. The molecule has 6 nitrogen and oxygen atoms in total. The van der Waals surface area contributed by atoms with E-state index in [0.29, 0.717) is 39.1 Å². The van der Waals surface area contributed by atoms with E-state index in [0.717, 1.165) is 11.1 Å². The van der Waals surface area contributed by atoms with Crippen LogP contribution < -0.4 is 0 Å². The van der Waals surface area contributed by atoms with Gasteiger partial charge in [0.05, 0.1) is 11.2 Å². The summed E-state index contributed by atoms with van der Waals surface area (Å²) in [5.74, 6) is -0.406. The molecule has 0 saturated carbocycles. The van der Waals surface area contributed by atoms with Crippen molar-refractivity contribution >= 4 is 15.9 Å². The number of nitrogens with zero attached hydrogens (tertiary/aromatic N) is 2. The number of carbonyl (C=O) groups is 1. The highest BCUT2D eigenvalue weighted by Gasteiger charge is 2.45. The smallest absolute Gasteiger partial charge is 0.233 e. The highest BCUT2D eigenvalue weighted by Crippen LogP contribution is 2.37. The van der Waals surface area contributed by atoms with E-state index in [1.807, 2.05) is 18.2 Å². The average Bonchev–Trinajstić information content (AvgIpc) is 2.80. The van der Waals surface area contributed by atoms with E-state index in [1.54, 1.807) is 29.2 Å². The lowest BCUT2D eigenvalue weighted by Gasteiger charge is -2.42. The highest BCUT2D eigenvalue weighted by atomic mass is 32.2. The van der Waals surface area contributed by atoms with Crippen molar-refractivity contribution in [2.24, 2.45) is 0 Å². The molecule has 166 valence electrons. The predicted octanol–water partition coefficient (Wildman–Crippen LogP) is 2.55. The van der Waals surface area contributed by atoms with Crippen LogP contribution in [0, 0.1) is 5.82 Å². The van der Waals surface area contributed by atoms with Crippen molar-refractivity contribution in [3.63, 3.8) is 0 Å². The molecule has 0 bridgehead atoms. The number of hydrogen-bond acceptors (Lipinski definition) is 4. The van der Waals surface area contributed by atoms with Crippen LogP contribution in [-0.2, 0) is 30.7 Å². The van der Waals surface area contributed by atoms with E-state index >= 15 is 0 Å². The third-order valence-corrected chi connectivity index (χ3v) is 8.11. The molecule has 2 heterocycles. The average molecular weight is 447 g/mol. The Morgan fingerprint density at radius 1 is 0.935 bits per heavy atom. The Balaban J connectivity index is 1.47. The molecule has 2 aliphatic rings. The van der Waals surface area contributed by atoms with Crippen molar-refractivity contribution in [3.05, 3.63) is 71.5 Å². The quantitative estimate of drug-likeness (QED) is 0.708. The number of rotatable bonds is 5. The Kier molecular flexibility index (Phi) is 6.41. The van der Waals surface area contributed by atoms with Gasteiger partial charge in [0.15, 0.2) is 0 Å². The van der Waals surface area contributed by atoms with Crippen molar-refractivity contribution in [1.29, 1.82) is 0 Å². The Labute approximate surface area is 182 Å². The fourth-order valence-corrected chi connectivity index (χ4v) is 5.98. The first-order valence-electron chi connectivity index (χ1n) is 10.6. The molecule has 1 amide bonds. The minimum Gasteiger partial charge on any atom is -0.381 e. The standard InChI is InChI=1S/C23H27FN2O4S/c24-21-8-6-20(7-9-21)23(10-16-30-17-11-23)22(27)25-12-14-26(15-13-25)31(28,29)18-19-4-2-1-3-5-19/h1-9H,10-18H2. The van der Waals surface area contributed by atoms with Gasteiger partial charge in [-0.3, -0.25) is 4.79 Å². The van der Waals surface area contributed by atoms with Crippen LogP contribution in [-0.4, -0.2) is 62.9 Å².